The number of hydrogen-bond acceptors (Lipinski definition) is 3. The summed E-state index contributed by atoms with van der Waals surface area (Å²) in [5.74, 6) is -0.266. The Labute approximate surface area is 120 Å². The molecule has 1 unspecified atom stereocenters. The second-order valence-corrected chi connectivity index (χ2v) is 5.53. The van der Waals surface area contributed by atoms with E-state index < -0.39 is 0 Å². The monoisotopic (exact) mass is 323 g/mol. The van der Waals surface area contributed by atoms with E-state index in [4.69, 9.17) is 5.73 Å². The number of rotatable bonds is 3. The Morgan fingerprint density at radius 1 is 1.21 bits per heavy atom. The van der Waals surface area contributed by atoms with E-state index in [0.717, 1.165) is 27.0 Å². The Kier molecular flexibility index (Phi) is 4.27. The van der Waals surface area contributed by atoms with Crippen LogP contribution < -0.4 is 5.73 Å². The van der Waals surface area contributed by atoms with E-state index in [1.165, 1.54) is 12.1 Å². The number of aryl methyl sites for hydroxylation is 2. The Balaban J connectivity index is 2.25. The SMILES string of the molecule is Cc1cc(C(N)Cc2cc(F)cc(Br)c2)c(C)nn1. The van der Waals surface area contributed by atoms with E-state index in [0.29, 0.717) is 6.42 Å². The first-order chi connectivity index (χ1) is 8.95. The summed E-state index contributed by atoms with van der Waals surface area (Å²) in [5, 5.41) is 8.05. The van der Waals surface area contributed by atoms with Crippen LogP contribution in [-0.2, 0) is 6.42 Å². The zero-order valence-electron chi connectivity index (χ0n) is 10.8. The van der Waals surface area contributed by atoms with Crippen molar-refractivity contribution in [1.82, 2.24) is 10.2 Å². The van der Waals surface area contributed by atoms with E-state index in [1.54, 1.807) is 0 Å². The molecule has 2 N–H and O–H groups in total. The number of hydrogen-bond donors (Lipinski definition) is 1. The molecule has 0 saturated carbocycles. The van der Waals surface area contributed by atoms with Gasteiger partial charge in [0.2, 0.25) is 0 Å². The molecule has 5 heteroatoms. The van der Waals surface area contributed by atoms with E-state index in [-0.39, 0.29) is 11.9 Å². The highest BCUT2D eigenvalue weighted by molar-refractivity contribution is 9.10. The molecular formula is C14H15BrFN3. The van der Waals surface area contributed by atoms with Crippen LogP contribution in [0.15, 0.2) is 28.7 Å². The van der Waals surface area contributed by atoms with E-state index in [1.807, 2.05) is 26.0 Å². The summed E-state index contributed by atoms with van der Waals surface area (Å²) in [7, 11) is 0. The van der Waals surface area contributed by atoms with Crippen LogP contribution >= 0.6 is 15.9 Å². The quantitative estimate of drug-likeness (QED) is 0.943. The predicted octanol–water partition coefficient (Wildman–Crippen LogP) is 3.24. The third-order valence-electron chi connectivity index (χ3n) is 2.92. The van der Waals surface area contributed by atoms with Crippen molar-refractivity contribution in [1.29, 1.82) is 0 Å². The van der Waals surface area contributed by atoms with Crippen molar-refractivity contribution in [3.8, 4) is 0 Å². The summed E-state index contributed by atoms with van der Waals surface area (Å²) in [6.45, 7) is 3.75. The van der Waals surface area contributed by atoms with Crippen molar-refractivity contribution >= 4 is 15.9 Å². The zero-order valence-corrected chi connectivity index (χ0v) is 12.4. The number of nitrogens with zero attached hydrogens (tertiary/aromatic N) is 2. The molecule has 0 amide bonds. The average Bonchev–Trinajstić information content (AvgIpc) is 2.30. The van der Waals surface area contributed by atoms with Gasteiger partial charge >= 0.3 is 0 Å². The molecule has 0 radical (unpaired) electrons. The van der Waals surface area contributed by atoms with Crippen molar-refractivity contribution in [2.45, 2.75) is 26.3 Å². The van der Waals surface area contributed by atoms with Crippen molar-refractivity contribution in [2.75, 3.05) is 0 Å². The van der Waals surface area contributed by atoms with Crippen molar-refractivity contribution < 1.29 is 4.39 Å². The zero-order chi connectivity index (χ0) is 14.0. The lowest BCUT2D eigenvalue weighted by Crippen LogP contribution is -2.16. The van der Waals surface area contributed by atoms with Gasteiger partial charge in [0, 0.05) is 10.5 Å². The van der Waals surface area contributed by atoms with Gasteiger partial charge in [-0.05, 0) is 55.7 Å². The van der Waals surface area contributed by atoms with Crippen LogP contribution in [0.4, 0.5) is 4.39 Å². The minimum Gasteiger partial charge on any atom is -0.324 e. The summed E-state index contributed by atoms with van der Waals surface area (Å²) in [4.78, 5) is 0. The molecule has 0 aliphatic carbocycles. The molecule has 0 saturated heterocycles. The summed E-state index contributed by atoms with van der Waals surface area (Å²) < 4.78 is 14.0. The molecule has 0 aliphatic rings. The van der Waals surface area contributed by atoms with Crippen LogP contribution in [0, 0.1) is 19.7 Å². The maximum Gasteiger partial charge on any atom is 0.124 e. The average molecular weight is 324 g/mol. The Morgan fingerprint density at radius 3 is 2.63 bits per heavy atom. The molecule has 1 atom stereocenters. The molecule has 1 aromatic carbocycles. The van der Waals surface area contributed by atoms with Crippen LogP contribution in [0.1, 0.15) is 28.6 Å². The van der Waals surface area contributed by atoms with Crippen molar-refractivity contribution in [2.24, 2.45) is 5.73 Å². The second kappa shape index (κ2) is 5.75. The minimum absolute atomic E-state index is 0.220. The number of benzene rings is 1. The molecule has 0 spiro atoms. The Morgan fingerprint density at radius 2 is 1.95 bits per heavy atom. The fourth-order valence-corrected chi connectivity index (χ4v) is 2.55. The fourth-order valence-electron chi connectivity index (χ4n) is 2.04. The topological polar surface area (TPSA) is 51.8 Å². The minimum atomic E-state index is -0.266. The molecule has 2 aromatic rings. The molecule has 1 aromatic heterocycles. The van der Waals surface area contributed by atoms with E-state index in [9.17, 15) is 4.39 Å². The van der Waals surface area contributed by atoms with Crippen LogP contribution in [0.2, 0.25) is 0 Å². The van der Waals surface area contributed by atoms with Crippen molar-refractivity contribution in [3.63, 3.8) is 0 Å². The third kappa shape index (κ3) is 3.58. The number of aromatic nitrogens is 2. The first-order valence-electron chi connectivity index (χ1n) is 5.97. The standard InChI is InChI=1S/C14H15BrFN3/c1-8-3-13(9(2)19-18-8)14(17)6-10-4-11(15)7-12(16)5-10/h3-5,7,14H,6,17H2,1-2H3. The number of nitrogens with two attached hydrogens (primary N) is 1. The molecule has 0 aliphatic heterocycles. The van der Waals surface area contributed by atoms with Gasteiger partial charge in [0.25, 0.3) is 0 Å². The maximum absolute atomic E-state index is 13.3. The Hall–Kier alpha value is -1.33. The van der Waals surface area contributed by atoms with Gasteiger partial charge in [-0.1, -0.05) is 15.9 Å². The van der Waals surface area contributed by atoms with Crippen LogP contribution in [0.25, 0.3) is 0 Å². The molecule has 2 rings (SSSR count). The lowest BCUT2D eigenvalue weighted by molar-refractivity contribution is 0.620. The van der Waals surface area contributed by atoms with Gasteiger partial charge in [-0.25, -0.2) is 4.39 Å². The van der Waals surface area contributed by atoms with Crippen molar-refractivity contribution in [3.05, 3.63) is 57.1 Å². The summed E-state index contributed by atoms with van der Waals surface area (Å²) >= 11 is 3.28. The third-order valence-corrected chi connectivity index (χ3v) is 3.38. The van der Waals surface area contributed by atoms with Gasteiger partial charge in [0.15, 0.2) is 0 Å². The smallest absolute Gasteiger partial charge is 0.124 e. The van der Waals surface area contributed by atoms with Gasteiger partial charge in [-0.3, -0.25) is 0 Å². The molecule has 100 valence electrons. The van der Waals surface area contributed by atoms with Crippen LogP contribution in [-0.4, -0.2) is 10.2 Å². The Bertz CT molecular complexity index is 581. The lowest BCUT2D eigenvalue weighted by atomic mass is 9.98. The van der Waals surface area contributed by atoms with Gasteiger partial charge < -0.3 is 5.73 Å². The first kappa shape index (κ1) is 14.1. The summed E-state index contributed by atoms with van der Waals surface area (Å²) in [6, 6.07) is 6.52. The predicted molar refractivity (Wildman–Crippen MR) is 76.2 cm³/mol. The molecule has 1 heterocycles. The van der Waals surface area contributed by atoms with E-state index >= 15 is 0 Å². The number of halogens is 2. The molecule has 0 fully saturated rings. The molecule has 0 bridgehead atoms. The molecular weight excluding hydrogens is 309 g/mol. The second-order valence-electron chi connectivity index (χ2n) is 4.61. The lowest BCUT2D eigenvalue weighted by Gasteiger charge is -2.14. The highest BCUT2D eigenvalue weighted by Gasteiger charge is 2.12. The maximum atomic E-state index is 13.3. The summed E-state index contributed by atoms with van der Waals surface area (Å²) in [5.41, 5.74) is 9.64. The van der Waals surface area contributed by atoms with Gasteiger partial charge in [-0.15, -0.1) is 0 Å². The molecule has 19 heavy (non-hydrogen) atoms. The van der Waals surface area contributed by atoms with Crippen LogP contribution in [0.3, 0.4) is 0 Å². The van der Waals surface area contributed by atoms with E-state index in [2.05, 4.69) is 26.1 Å². The van der Waals surface area contributed by atoms with Crippen LogP contribution in [0.5, 0.6) is 0 Å². The first-order valence-corrected chi connectivity index (χ1v) is 6.76. The largest absolute Gasteiger partial charge is 0.324 e. The highest BCUT2D eigenvalue weighted by Crippen LogP contribution is 2.22. The highest BCUT2D eigenvalue weighted by atomic mass is 79.9. The molecule has 3 nitrogen and oxygen atoms in total. The normalized spacial score (nSPS) is 12.5. The van der Waals surface area contributed by atoms with Gasteiger partial charge in [-0.2, -0.15) is 10.2 Å². The van der Waals surface area contributed by atoms with Gasteiger partial charge in [0.1, 0.15) is 5.82 Å². The summed E-state index contributed by atoms with van der Waals surface area (Å²) in [6.07, 6.45) is 0.558. The fraction of sp³-hybridized carbons (Fsp3) is 0.286. The van der Waals surface area contributed by atoms with Gasteiger partial charge in [0.05, 0.1) is 11.4 Å².